The lowest BCUT2D eigenvalue weighted by molar-refractivity contribution is -0.143. The molecule has 0 aromatic heterocycles. The molecular weight excluding hydrogens is 839 g/mol. The van der Waals surface area contributed by atoms with E-state index in [1.807, 2.05) is 0 Å². The molecule has 0 rings (SSSR count). The Balaban J connectivity index is 3.41. The molecule has 68 heavy (non-hydrogen) atoms. The third-order valence-corrected chi connectivity index (χ3v) is 14.3. The Morgan fingerprint density at radius 3 is 1.15 bits per heavy atom. The second kappa shape index (κ2) is 57.9. The Bertz CT molecular complexity index is 1060. The highest BCUT2D eigenvalue weighted by atomic mass is 16.5. The summed E-state index contributed by atoms with van der Waals surface area (Å²) in [6.45, 7) is 4.93. The van der Waals surface area contributed by atoms with Crippen LogP contribution in [0.4, 0.5) is 0 Å². The third-order valence-electron chi connectivity index (χ3n) is 14.3. The number of aliphatic hydroxyl groups excluding tert-OH is 2. The molecule has 0 aliphatic heterocycles. The second-order valence-corrected chi connectivity index (χ2v) is 21.0. The molecule has 2 atom stereocenters. The molecule has 0 saturated carbocycles. The van der Waals surface area contributed by atoms with Gasteiger partial charge in [0.1, 0.15) is 0 Å². The van der Waals surface area contributed by atoms with Crippen molar-refractivity contribution in [2.45, 2.75) is 347 Å². The second-order valence-electron chi connectivity index (χ2n) is 21.0. The topological polar surface area (TPSA) is 95.9 Å². The summed E-state index contributed by atoms with van der Waals surface area (Å²) in [4.78, 5) is 24.6. The average Bonchev–Trinajstić information content (AvgIpc) is 3.34. The number of hydrogen-bond acceptors (Lipinski definition) is 5. The van der Waals surface area contributed by atoms with Crippen molar-refractivity contribution in [1.29, 1.82) is 0 Å². The zero-order valence-corrected chi connectivity index (χ0v) is 45.9. The maximum absolute atomic E-state index is 12.5. The number of ether oxygens (including phenoxy) is 1. The van der Waals surface area contributed by atoms with Crippen molar-refractivity contribution in [1.82, 2.24) is 5.32 Å². The van der Waals surface area contributed by atoms with Gasteiger partial charge in [0.15, 0.2) is 0 Å². The van der Waals surface area contributed by atoms with Crippen LogP contribution in [-0.4, -0.2) is 47.4 Å². The minimum atomic E-state index is -0.669. The van der Waals surface area contributed by atoms with Crippen LogP contribution in [0.1, 0.15) is 335 Å². The van der Waals surface area contributed by atoms with E-state index in [1.54, 1.807) is 0 Å². The van der Waals surface area contributed by atoms with Crippen LogP contribution in [-0.2, 0) is 14.3 Å². The van der Waals surface area contributed by atoms with E-state index < -0.39 is 12.1 Å². The number of esters is 1. The fourth-order valence-corrected chi connectivity index (χ4v) is 9.55. The van der Waals surface area contributed by atoms with Crippen LogP contribution >= 0.6 is 0 Å². The molecule has 0 radical (unpaired) electrons. The zero-order chi connectivity index (χ0) is 49.3. The summed E-state index contributed by atoms with van der Waals surface area (Å²) in [5.74, 6) is -0.0396. The number of unbranched alkanes of at least 4 members (excludes halogenated alkanes) is 42. The molecule has 3 N–H and O–H groups in total. The van der Waals surface area contributed by atoms with Crippen LogP contribution in [0.2, 0.25) is 0 Å². The summed E-state index contributed by atoms with van der Waals surface area (Å²) in [5.41, 5.74) is 0. The molecule has 0 fully saturated rings. The van der Waals surface area contributed by atoms with E-state index in [4.69, 9.17) is 4.74 Å². The molecule has 0 aliphatic carbocycles. The van der Waals surface area contributed by atoms with Crippen molar-refractivity contribution in [3.63, 3.8) is 0 Å². The van der Waals surface area contributed by atoms with Crippen molar-refractivity contribution in [2.24, 2.45) is 0 Å². The van der Waals surface area contributed by atoms with Gasteiger partial charge in [0.25, 0.3) is 0 Å². The van der Waals surface area contributed by atoms with E-state index in [9.17, 15) is 19.8 Å². The van der Waals surface area contributed by atoms with Crippen LogP contribution in [0.5, 0.6) is 0 Å². The Hall–Kier alpha value is -1.66. The van der Waals surface area contributed by atoms with Crippen LogP contribution in [0.15, 0.2) is 24.3 Å². The largest absolute Gasteiger partial charge is 0.466 e. The fourth-order valence-electron chi connectivity index (χ4n) is 9.55. The van der Waals surface area contributed by atoms with Gasteiger partial charge in [0.05, 0.1) is 25.4 Å². The molecule has 402 valence electrons. The molecule has 0 heterocycles. The van der Waals surface area contributed by atoms with Gasteiger partial charge in [-0.2, -0.15) is 0 Å². The van der Waals surface area contributed by atoms with Crippen molar-refractivity contribution < 1.29 is 24.5 Å². The van der Waals surface area contributed by atoms with Gasteiger partial charge in [-0.3, -0.25) is 9.59 Å². The first-order valence-corrected chi connectivity index (χ1v) is 30.6. The molecule has 0 aromatic carbocycles. The first-order chi connectivity index (χ1) is 33.5. The summed E-state index contributed by atoms with van der Waals surface area (Å²) in [6, 6.07) is -0.547. The maximum atomic E-state index is 12.5. The first-order valence-electron chi connectivity index (χ1n) is 30.6. The van der Waals surface area contributed by atoms with E-state index >= 15 is 0 Å². The average molecular weight is 959 g/mol. The predicted octanol–water partition coefficient (Wildman–Crippen LogP) is 19.0. The molecule has 2 unspecified atom stereocenters. The van der Waals surface area contributed by atoms with Gasteiger partial charge in [-0.25, -0.2) is 0 Å². The minimum absolute atomic E-state index is 0.0000382. The SMILES string of the molecule is CCCCC/C=C\C/C=C\CCCCCCCCCCCC(=O)OCCCCCCCCCCCCCCCCCCC(=O)NC(CO)C(O)CCCCCCCCCCCCCCCCCC. The number of carbonyl (C=O) groups excluding carboxylic acids is 2. The van der Waals surface area contributed by atoms with E-state index in [1.165, 1.54) is 250 Å². The lowest BCUT2D eigenvalue weighted by atomic mass is 10.0. The third kappa shape index (κ3) is 53.7. The Morgan fingerprint density at radius 2 is 0.735 bits per heavy atom. The highest BCUT2D eigenvalue weighted by Gasteiger charge is 2.20. The molecule has 0 spiro atoms. The summed E-state index contributed by atoms with van der Waals surface area (Å²) in [7, 11) is 0. The summed E-state index contributed by atoms with van der Waals surface area (Å²) < 4.78 is 5.49. The van der Waals surface area contributed by atoms with Crippen molar-refractivity contribution in [3.05, 3.63) is 24.3 Å². The molecule has 0 saturated heterocycles. The van der Waals surface area contributed by atoms with Gasteiger partial charge < -0.3 is 20.3 Å². The quantitative estimate of drug-likeness (QED) is 0.0321. The van der Waals surface area contributed by atoms with Gasteiger partial charge in [0, 0.05) is 12.8 Å². The fraction of sp³-hybridized carbons (Fsp3) is 0.903. The summed E-state index contributed by atoms with van der Waals surface area (Å²) >= 11 is 0. The number of nitrogens with one attached hydrogen (secondary N) is 1. The molecule has 0 bridgehead atoms. The lowest BCUT2D eigenvalue weighted by Gasteiger charge is -2.22. The Kier molecular flexibility index (Phi) is 56.5. The minimum Gasteiger partial charge on any atom is -0.466 e. The van der Waals surface area contributed by atoms with E-state index in [0.717, 1.165) is 51.4 Å². The monoisotopic (exact) mass is 958 g/mol. The van der Waals surface area contributed by atoms with Gasteiger partial charge in [0.2, 0.25) is 5.91 Å². The summed E-state index contributed by atoms with van der Waals surface area (Å²) in [5, 5.41) is 23.3. The van der Waals surface area contributed by atoms with E-state index in [-0.39, 0.29) is 18.5 Å². The van der Waals surface area contributed by atoms with E-state index in [0.29, 0.717) is 25.9 Å². The van der Waals surface area contributed by atoms with E-state index in [2.05, 4.69) is 43.5 Å². The number of aliphatic hydroxyl groups is 2. The highest BCUT2D eigenvalue weighted by molar-refractivity contribution is 5.76. The van der Waals surface area contributed by atoms with Crippen LogP contribution in [0.25, 0.3) is 0 Å². The lowest BCUT2D eigenvalue weighted by Crippen LogP contribution is -2.45. The van der Waals surface area contributed by atoms with Gasteiger partial charge >= 0.3 is 5.97 Å². The van der Waals surface area contributed by atoms with Gasteiger partial charge in [-0.1, -0.05) is 289 Å². The molecule has 0 aliphatic rings. The normalized spacial score (nSPS) is 12.7. The molecule has 0 aromatic rings. The Morgan fingerprint density at radius 1 is 0.412 bits per heavy atom. The highest BCUT2D eigenvalue weighted by Crippen LogP contribution is 2.18. The molecular formula is C62H119NO5. The number of carbonyl (C=O) groups is 2. The smallest absolute Gasteiger partial charge is 0.305 e. The number of amides is 1. The molecule has 6 heteroatoms. The van der Waals surface area contributed by atoms with Crippen LogP contribution in [0, 0.1) is 0 Å². The molecule has 1 amide bonds. The first kappa shape index (κ1) is 66.3. The van der Waals surface area contributed by atoms with Gasteiger partial charge in [-0.15, -0.1) is 0 Å². The maximum Gasteiger partial charge on any atom is 0.305 e. The Labute approximate surface area is 424 Å². The van der Waals surface area contributed by atoms with Crippen LogP contribution in [0.3, 0.4) is 0 Å². The standard InChI is InChI=1S/C62H119NO5/c1-3-5-7-9-11-13-15-17-19-21-22-23-28-32-36-40-44-48-52-56-62(67)68-57-53-49-45-41-37-33-29-25-24-27-31-35-39-43-47-51-55-61(66)63-59(58-64)60(65)54-50-46-42-38-34-30-26-20-18-16-14-12-10-8-6-4-2/h11,13,17,19,59-60,64-65H,3-10,12,14-16,18,20-58H2,1-2H3,(H,63,66)/b13-11-,19-17-. The number of allylic oxidation sites excluding steroid dienone is 4. The van der Waals surface area contributed by atoms with Gasteiger partial charge in [-0.05, 0) is 57.8 Å². The summed E-state index contributed by atoms with van der Waals surface area (Å²) in [6.07, 6.45) is 70.3. The zero-order valence-electron chi connectivity index (χ0n) is 45.9. The number of rotatable bonds is 57. The van der Waals surface area contributed by atoms with Crippen molar-refractivity contribution in [2.75, 3.05) is 13.2 Å². The number of hydrogen-bond donors (Lipinski definition) is 3. The molecule has 6 nitrogen and oxygen atoms in total. The van der Waals surface area contributed by atoms with Crippen molar-refractivity contribution >= 4 is 11.9 Å². The van der Waals surface area contributed by atoms with Crippen LogP contribution < -0.4 is 5.32 Å². The van der Waals surface area contributed by atoms with Crippen molar-refractivity contribution in [3.8, 4) is 0 Å². The predicted molar refractivity (Wildman–Crippen MR) is 296 cm³/mol.